The van der Waals surface area contributed by atoms with E-state index < -0.39 is 11.7 Å². The second-order valence-electron chi connectivity index (χ2n) is 7.26. The van der Waals surface area contributed by atoms with Crippen molar-refractivity contribution in [3.05, 3.63) is 34.3 Å². The number of aromatic nitrogens is 2. The Morgan fingerprint density at radius 1 is 1.32 bits per heavy atom. The Balaban J connectivity index is 1.72. The summed E-state index contributed by atoms with van der Waals surface area (Å²) in [6, 6.07) is 6.27. The molecule has 1 atom stereocenters. The first kappa shape index (κ1) is 17.7. The van der Waals surface area contributed by atoms with Crippen molar-refractivity contribution in [3.8, 4) is 0 Å². The van der Waals surface area contributed by atoms with Crippen molar-refractivity contribution in [2.24, 2.45) is 0 Å². The first-order valence-corrected chi connectivity index (χ1v) is 9.31. The average molecular weight is 360 g/mol. The third kappa shape index (κ3) is 4.69. The average Bonchev–Trinajstić information content (AvgIpc) is 2.90. The first-order chi connectivity index (χ1) is 11.8. The molecule has 1 aliphatic rings. The molecule has 2 N–H and O–H groups in total. The number of ether oxygens (including phenoxy) is 1. The summed E-state index contributed by atoms with van der Waals surface area (Å²) in [5.74, 6) is 0. The minimum absolute atomic E-state index is 0.228. The van der Waals surface area contributed by atoms with Gasteiger partial charge in [0.25, 0.3) is 0 Å². The van der Waals surface area contributed by atoms with E-state index in [2.05, 4.69) is 26.9 Å². The Kier molecular flexibility index (Phi) is 4.94. The van der Waals surface area contributed by atoms with Crippen molar-refractivity contribution in [1.29, 1.82) is 0 Å². The molecule has 1 aromatic heterocycles. The van der Waals surface area contributed by atoms with Crippen molar-refractivity contribution in [1.82, 2.24) is 10.2 Å². The summed E-state index contributed by atoms with van der Waals surface area (Å²) in [7, 11) is 0. The van der Waals surface area contributed by atoms with Gasteiger partial charge in [-0.3, -0.25) is 5.32 Å². The molecule has 0 fully saturated rings. The van der Waals surface area contributed by atoms with E-state index >= 15 is 0 Å². The number of aryl methyl sites for hydroxylation is 2. The van der Waals surface area contributed by atoms with Crippen molar-refractivity contribution in [2.75, 3.05) is 10.6 Å². The smallest absolute Gasteiger partial charge is 0.412 e. The molecule has 134 valence electrons. The summed E-state index contributed by atoms with van der Waals surface area (Å²) in [4.78, 5) is 11.9. The number of nitrogens with one attached hydrogen (secondary N) is 2. The molecule has 0 bridgehead atoms. The van der Waals surface area contributed by atoms with Gasteiger partial charge >= 0.3 is 6.09 Å². The minimum Gasteiger partial charge on any atom is -0.444 e. The van der Waals surface area contributed by atoms with Crippen LogP contribution in [0.2, 0.25) is 0 Å². The van der Waals surface area contributed by atoms with Crippen molar-refractivity contribution < 1.29 is 9.53 Å². The van der Waals surface area contributed by atoms with E-state index in [0.29, 0.717) is 0 Å². The van der Waals surface area contributed by atoms with Crippen LogP contribution in [0.4, 0.5) is 15.6 Å². The van der Waals surface area contributed by atoms with Crippen LogP contribution in [0.5, 0.6) is 0 Å². The van der Waals surface area contributed by atoms with Gasteiger partial charge in [0.15, 0.2) is 0 Å². The van der Waals surface area contributed by atoms with Crippen LogP contribution in [0.25, 0.3) is 0 Å². The molecule has 0 saturated heterocycles. The largest absolute Gasteiger partial charge is 0.444 e. The van der Waals surface area contributed by atoms with Crippen LogP contribution in [-0.4, -0.2) is 21.9 Å². The molecule has 0 radical (unpaired) electrons. The van der Waals surface area contributed by atoms with Gasteiger partial charge in [-0.2, -0.15) is 0 Å². The fourth-order valence-corrected chi connectivity index (χ4v) is 3.61. The normalized spacial score (nSPS) is 16.9. The van der Waals surface area contributed by atoms with E-state index in [1.165, 1.54) is 11.1 Å². The van der Waals surface area contributed by atoms with Crippen LogP contribution < -0.4 is 10.6 Å². The lowest BCUT2D eigenvalue weighted by atomic mass is 9.87. The number of hydrogen-bond donors (Lipinski definition) is 2. The summed E-state index contributed by atoms with van der Waals surface area (Å²) < 4.78 is 5.31. The molecule has 1 aromatic carbocycles. The second-order valence-corrected chi connectivity index (χ2v) is 8.44. The van der Waals surface area contributed by atoms with E-state index in [0.717, 1.165) is 35.1 Å². The predicted molar refractivity (Wildman–Crippen MR) is 100 cm³/mol. The van der Waals surface area contributed by atoms with Gasteiger partial charge in [0, 0.05) is 5.69 Å². The highest BCUT2D eigenvalue weighted by Crippen LogP contribution is 2.34. The number of carbonyl (C=O) groups excluding carboxylic acids is 1. The van der Waals surface area contributed by atoms with E-state index in [-0.39, 0.29) is 6.04 Å². The molecule has 1 aliphatic carbocycles. The number of rotatable bonds is 3. The molecule has 2 aromatic rings. The fourth-order valence-electron chi connectivity index (χ4n) is 2.97. The quantitative estimate of drug-likeness (QED) is 0.831. The Hall–Kier alpha value is -2.15. The highest BCUT2D eigenvalue weighted by atomic mass is 32.1. The fraction of sp³-hybridized carbons (Fsp3) is 0.500. The minimum atomic E-state index is -0.507. The lowest BCUT2D eigenvalue weighted by molar-refractivity contribution is 0.0636. The zero-order chi connectivity index (χ0) is 18.0. The SMILES string of the molecule is Cc1nnc(NC2CCCc3cc(NC(=O)OC(C)(C)C)ccc32)s1. The summed E-state index contributed by atoms with van der Waals surface area (Å²) in [5.41, 5.74) is 2.76. The van der Waals surface area contributed by atoms with Crippen LogP contribution in [0.3, 0.4) is 0 Å². The molecule has 6 nitrogen and oxygen atoms in total. The molecule has 1 unspecified atom stereocenters. The van der Waals surface area contributed by atoms with Gasteiger partial charge in [0.05, 0.1) is 6.04 Å². The maximum Gasteiger partial charge on any atom is 0.412 e. The Labute approximate surface area is 152 Å². The van der Waals surface area contributed by atoms with Gasteiger partial charge in [-0.05, 0) is 70.2 Å². The van der Waals surface area contributed by atoms with Gasteiger partial charge in [-0.15, -0.1) is 10.2 Å². The van der Waals surface area contributed by atoms with E-state index in [4.69, 9.17) is 4.74 Å². The summed E-state index contributed by atoms with van der Waals surface area (Å²) >= 11 is 1.57. The lowest BCUT2D eigenvalue weighted by Gasteiger charge is -2.27. The first-order valence-electron chi connectivity index (χ1n) is 8.50. The highest BCUT2D eigenvalue weighted by molar-refractivity contribution is 7.15. The van der Waals surface area contributed by atoms with Crippen molar-refractivity contribution in [3.63, 3.8) is 0 Å². The number of fused-ring (bicyclic) bond motifs is 1. The van der Waals surface area contributed by atoms with E-state index in [1.807, 2.05) is 39.8 Å². The maximum atomic E-state index is 11.9. The number of nitrogens with zero attached hydrogens (tertiary/aromatic N) is 2. The number of hydrogen-bond acceptors (Lipinski definition) is 6. The zero-order valence-corrected chi connectivity index (χ0v) is 15.9. The van der Waals surface area contributed by atoms with Crippen LogP contribution in [0, 0.1) is 6.92 Å². The number of benzene rings is 1. The van der Waals surface area contributed by atoms with Gasteiger partial charge in [-0.25, -0.2) is 4.79 Å². The maximum absolute atomic E-state index is 11.9. The van der Waals surface area contributed by atoms with Crippen LogP contribution in [0.15, 0.2) is 18.2 Å². The van der Waals surface area contributed by atoms with Crippen LogP contribution >= 0.6 is 11.3 Å². The van der Waals surface area contributed by atoms with E-state index in [9.17, 15) is 4.79 Å². The Bertz CT molecular complexity index is 767. The van der Waals surface area contributed by atoms with E-state index in [1.54, 1.807) is 11.3 Å². The third-order valence-electron chi connectivity index (χ3n) is 3.93. The highest BCUT2D eigenvalue weighted by Gasteiger charge is 2.22. The monoisotopic (exact) mass is 360 g/mol. The van der Waals surface area contributed by atoms with Crippen molar-refractivity contribution >= 4 is 28.2 Å². The third-order valence-corrected chi connectivity index (χ3v) is 4.70. The topological polar surface area (TPSA) is 76.1 Å². The summed E-state index contributed by atoms with van der Waals surface area (Å²) in [6.07, 6.45) is 2.73. The standard InChI is InChI=1S/C18H24N4O2S/c1-11-21-22-16(25-11)20-15-7-5-6-12-10-13(8-9-14(12)15)19-17(23)24-18(2,3)4/h8-10,15H,5-7H2,1-4H3,(H,19,23)(H,20,22). The Morgan fingerprint density at radius 2 is 2.12 bits per heavy atom. The van der Waals surface area contributed by atoms with Gasteiger partial charge < -0.3 is 10.1 Å². The van der Waals surface area contributed by atoms with Gasteiger partial charge in [0.1, 0.15) is 10.6 Å². The molecule has 25 heavy (non-hydrogen) atoms. The van der Waals surface area contributed by atoms with Gasteiger partial charge in [0.2, 0.25) is 5.13 Å². The van der Waals surface area contributed by atoms with Crippen LogP contribution in [0.1, 0.15) is 55.8 Å². The van der Waals surface area contributed by atoms with Crippen molar-refractivity contribution in [2.45, 2.75) is 58.6 Å². The summed E-state index contributed by atoms with van der Waals surface area (Å²) in [6.45, 7) is 7.51. The molecule has 0 spiro atoms. The molecule has 7 heteroatoms. The second kappa shape index (κ2) is 7.00. The molecule has 1 amide bonds. The number of amides is 1. The molecule has 0 aliphatic heterocycles. The molecule has 1 heterocycles. The molecular formula is C18H24N4O2S. The molecule has 0 saturated carbocycles. The molecule has 3 rings (SSSR count). The Morgan fingerprint density at radius 3 is 2.80 bits per heavy atom. The zero-order valence-electron chi connectivity index (χ0n) is 15.0. The number of carbonyl (C=O) groups is 1. The predicted octanol–water partition coefficient (Wildman–Crippen LogP) is 4.68. The van der Waals surface area contributed by atoms with Crippen LogP contribution in [-0.2, 0) is 11.2 Å². The summed E-state index contributed by atoms with van der Waals surface area (Å²) in [5, 5.41) is 16.3. The number of anilines is 2. The molecular weight excluding hydrogens is 336 g/mol. The lowest BCUT2D eigenvalue weighted by Crippen LogP contribution is -2.27. The van der Waals surface area contributed by atoms with Gasteiger partial charge in [-0.1, -0.05) is 17.4 Å².